The van der Waals surface area contributed by atoms with Crippen LogP contribution in [0, 0.1) is 12.7 Å². The fraction of sp³-hybridized carbons (Fsp3) is 0.0667. The van der Waals surface area contributed by atoms with E-state index < -0.39 is 23.4 Å². The first-order valence-electron chi connectivity index (χ1n) is 6.14. The number of nitrogens with one attached hydrogen (secondary N) is 2. The quantitative estimate of drug-likeness (QED) is 0.809. The summed E-state index contributed by atoms with van der Waals surface area (Å²) in [6.07, 6.45) is 0. The molecule has 0 saturated heterocycles. The number of hydrogen-bond acceptors (Lipinski definition) is 2. The van der Waals surface area contributed by atoms with Crippen LogP contribution < -0.4 is 10.6 Å². The van der Waals surface area contributed by atoms with Crippen LogP contribution in [0.3, 0.4) is 0 Å². The van der Waals surface area contributed by atoms with Crippen LogP contribution >= 0.6 is 0 Å². The van der Waals surface area contributed by atoms with Gasteiger partial charge in [-0.05, 0) is 36.8 Å². The largest absolute Gasteiger partial charge is 0.478 e. The van der Waals surface area contributed by atoms with Gasteiger partial charge in [-0.2, -0.15) is 0 Å². The Morgan fingerprint density at radius 2 is 1.81 bits per heavy atom. The lowest BCUT2D eigenvalue weighted by Crippen LogP contribution is -2.20. The molecule has 0 aliphatic heterocycles. The monoisotopic (exact) mass is 288 g/mol. The van der Waals surface area contributed by atoms with E-state index in [2.05, 4.69) is 10.6 Å². The van der Waals surface area contributed by atoms with Gasteiger partial charge in [0.25, 0.3) is 0 Å². The van der Waals surface area contributed by atoms with Gasteiger partial charge in [-0.15, -0.1) is 0 Å². The lowest BCUT2D eigenvalue weighted by molar-refractivity contribution is 0.0692. The zero-order valence-electron chi connectivity index (χ0n) is 11.2. The number of urea groups is 1. The van der Waals surface area contributed by atoms with E-state index >= 15 is 0 Å². The molecule has 21 heavy (non-hydrogen) atoms. The standard InChI is InChI=1S/C15H13FN2O3/c1-9-4-2-3-5-13(9)18-15(21)17-10-6-7-11(14(19)20)12(16)8-10/h2-8H,1H3,(H,19,20)(H2,17,18,21). The highest BCUT2D eigenvalue weighted by molar-refractivity contribution is 6.00. The van der Waals surface area contributed by atoms with Crippen molar-refractivity contribution in [2.24, 2.45) is 0 Å². The average Bonchev–Trinajstić information content (AvgIpc) is 2.41. The van der Waals surface area contributed by atoms with Crippen LogP contribution in [0.4, 0.5) is 20.6 Å². The highest BCUT2D eigenvalue weighted by Gasteiger charge is 2.11. The lowest BCUT2D eigenvalue weighted by Gasteiger charge is -2.10. The molecule has 2 aromatic rings. The van der Waals surface area contributed by atoms with E-state index in [9.17, 15) is 14.0 Å². The maximum absolute atomic E-state index is 13.5. The van der Waals surface area contributed by atoms with Crippen molar-refractivity contribution in [3.05, 3.63) is 59.4 Å². The van der Waals surface area contributed by atoms with Gasteiger partial charge in [0, 0.05) is 11.4 Å². The second-order valence-corrected chi connectivity index (χ2v) is 4.39. The molecule has 0 aliphatic rings. The van der Waals surface area contributed by atoms with Crippen LogP contribution in [0.15, 0.2) is 42.5 Å². The number of benzene rings is 2. The van der Waals surface area contributed by atoms with Crippen LogP contribution in [0.25, 0.3) is 0 Å². The number of carboxylic acids is 1. The van der Waals surface area contributed by atoms with Crippen LogP contribution in [-0.2, 0) is 0 Å². The summed E-state index contributed by atoms with van der Waals surface area (Å²) >= 11 is 0. The van der Waals surface area contributed by atoms with Gasteiger partial charge in [0.15, 0.2) is 0 Å². The fourth-order valence-electron chi connectivity index (χ4n) is 1.76. The Hall–Kier alpha value is -2.89. The van der Waals surface area contributed by atoms with Crippen LogP contribution in [-0.4, -0.2) is 17.1 Å². The summed E-state index contributed by atoms with van der Waals surface area (Å²) in [5.41, 5.74) is 1.25. The van der Waals surface area contributed by atoms with Crippen molar-refractivity contribution in [3.63, 3.8) is 0 Å². The zero-order valence-corrected chi connectivity index (χ0v) is 11.2. The minimum Gasteiger partial charge on any atom is -0.478 e. The van der Waals surface area contributed by atoms with E-state index in [1.54, 1.807) is 12.1 Å². The number of aryl methyl sites for hydroxylation is 1. The van der Waals surface area contributed by atoms with E-state index in [4.69, 9.17) is 5.11 Å². The molecule has 0 aromatic heterocycles. The molecule has 2 amide bonds. The molecule has 2 aromatic carbocycles. The third kappa shape index (κ3) is 3.56. The number of carboxylic acid groups (broad SMARTS) is 1. The lowest BCUT2D eigenvalue weighted by atomic mass is 10.2. The summed E-state index contributed by atoms with van der Waals surface area (Å²) in [5.74, 6) is -2.26. The highest BCUT2D eigenvalue weighted by Crippen LogP contribution is 2.16. The minimum atomic E-state index is -1.36. The Kier molecular flexibility index (Phi) is 4.18. The molecule has 6 heteroatoms. The average molecular weight is 288 g/mol. The third-order valence-electron chi connectivity index (χ3n) is 2.85. The number of carbonyl (C=O) groups excluding carboxylic acids is 1. The van der Waals surface area contributed by atoms with Gasteiger partial charge >= 0.3 is 12.0 Å². The van der Waals surface area contributed by atoms with Crippen LogP contribution in [0.5, 0.6) is 0 Å². The molecule has 108 valence electrons. The van der Waals surface area contributed by atoms with Crippen molar-refractivity contribution >= 4 is 23.4 Å². The number of rotatable bonds is 3. The summed E-state index contributed by atoms with van der Waals surface area (Å²) in [4.78, 5) is 22.5. The van der Waals surface area contributed by atoms with Crippen LogP contribution in [0.2, 0.25) is 0 Å². The van der Waals surface area contributed by atoms with Crippen molar-refractivity contribution in [3.8, 4) is 0 Å². The number of halogens is 1. The molecule has 0 atom stereocenters. The fourth-order valence-corrected chi connectivity index (χ4v) is 1.76. The van der Waals surface area contributed by atoms with Gasteiger partial charge in [-0.3, -0.25) is 0 Å². The normalized spacial score (nSPS) is 10.0. The Balaban J connectivity index is 2.08. The van der Waals surface area contributed by atoms with Crippen molar-refractivity contribution in [1.82, 2.24) is 0 Å². The summed E-state index contributed by atoms with van der Waals surface area (Å²) in [7, 11) is 0. The Morgan fingerprint density at radius 1 is 1.10 bits per heavy atom. The molecular weight excluding hydrogens is 275 g/mol. The molecule has 0 saturated carbocycles. The molecule has 0 aliphatic carbocycles. The number of aromatic carboxylic acids is 1. The van der Waals surface area contributed by atoms with E-state index in [-0.39, 0.29) is 5.69 Å². The maximum Gasteiger partial charge on any atom is 0.338 e. The van der Waals surface area contributed by atoms with Crippen molar-refractivity contribution in [1.29, 1.82) is 0 Å². The zero-order chi connectivity index (χ0) is 15.4. The molecule has 0 unspecified atom stereocenters. The van der Waals surface area contributed by atoms with E-state index in [0.717, 1.165) is 17.7 Å². The molecule has 3 N–H and O–H groups in total. The first-order chi connectivity index (χ1) is 9.97. The summed E-state index contributed by atoms with van der Waals surface area (Å²) in [6.45, 7) is 1.84. The summed E-state index contributed by atoms with van der Waals surface area (Å²) < 4.78 is 13.5. The van der Waals surface area contributed by atoms with Gasteiger partial charge in [0.1, 0.15) is 5.82 Å². The van der Waals surface area contributed by atoms with Gasteiger partial charge in [-0.25, -0.2) is 14.0 Å². The van der Waals surface area contributed by atoms with E-state index in [0.29, 0.717) is 5.69 Å². The van der Waals surface area contributed by atoms with Crippen molar-refractivity contribution in [2.45, 2.75) is 6.92 Å². The Labute approximate surface area is 120 Å². The second-order valence-electron chi connectivity index (χ2n) is 4.39. The summed E-state index contributed by atoms with van der Waals surface area (Å²) in [5, 5.41) is 13.8. The van der Waals surface area contributed by atoms with Gasteiger partial charge in [0.05, 0.1) is 5.56 Å². The van der Waals surface area contributed by atoms with Crippen molar-refractivity contribution < 1.29 is 19.1 Å². The van der Waals surface area contributed by atoms with Crippen LogP contribution in [0.1, 0.15) is 15.9 Å². The SMILES string of the molecule is Cc1ccccc1NC(=O)Nc1ccc(C(=O)O)c(F)c1. The van der Waals surface area contributed by atoms with Gasteiger partial charge in [-0.1, -0.05) is 18.2 Å². The molecule has 0 heterocycles. The van der Waals surface area contributed by atoms with Gasteiger partial charge < -0.3 is 15.7 Å². The van der Waals surface area contributed by atoms with E-state index in [1.807, 2.05) is 19.1 Å². The third-order valence-corrected chi connectivity index (χ3v) is 2.85. The smallest absolute Gasteiger partial charge is 0.338 e. The minimum absolute atomic E-state index is 0.170. The van der Waals surface area contributed by atoms with E-state index in [1.165, 1.54) is 6.07 Å². The number of amides is 2. The molecule has 0 bridgehead atoms. The first-order valence-corrected chi connectivity index (χ1v) is 6.14. The number of carbonyl (C=O) groups is 2. The molecule has 5 nitrogen and oxygen atoms in total. The summed E-state index contributed by atoms with van der Waals surface area (Å²) in [6, 6.07) is 10.1. The van der Waals surface area contributed by atoms with Gasteiger partial charge in [0.2, 0.25) is 0 Å². The van der Waals surface area contributed by atoms with Crippen molar-refractivity contribution in [2.75, 3.05) is 10.6 Å². The second kappa shape index (κ2) is 6.04. The topological polar surface area (TPSA) is 78.4 Å². The molecule has 0 radical (unpaired) electrons. The number of anilines is 2. The predicted octanol–water partition coefficient (Wildman–Crippen LogP) is 3.48. The first kappa shape index (κ1) is 14.5. The maximum atomic E-state index is 13.5. The number of hydrogen-bond donors (Lipinski definition) is 3. The molecule has 0 spiro atoms. The highest BCUT2D eigenvalue weighted by atomic mass is 19.1. The predicted molar refractivity (Wildman–Crippen MR) is 77.2 cm³/mol. The molecule has 0 fully saturated rings. The number of para-hydroxylation sites is 1. The molecular formula is C15H13FN2O3. The molecule has 2 rings (SSSR count). The Morgan fingerprint density at radius 3 is 2.43 bits per heavy atom. The Bertz CT molecular complexity index is 701.